The fraction of sp³-hybridized carbons (Fsp3) is 0.357. The molecule has 20 heavy (non-hydrogen) atoms. The number of nitrogens with one attached hydrogen (secondary N) is 1. The van der Waals surface area contributed by atoms with Gasteiger partial charge in [-0.2, -0.15) is 5.10 Å². The Balaban J connectivity index is 2.06. The highest BCUT2D eigenvalue weighted by atomic mass is 35.5. The van der Waals surface area contributed by atoms with Gasteiger partial charge in [0.15, 0.2) is 0 Å². The Morgan fingerprint density at radius 3 is 2.80 bits per heavy atom. The number of hydrogen-bond acceptors (Lipinski definition) is 3. The summed E-state index contributed by atoms with van der Waals surface area (Å²) in [6.45, 7) is 4.47. The highest BCUT2D eigenvalue weighted by Crippen LogP contribution is 2.23. The smallest absolute Gasteiger partial charge is 0.270 e. The first-order valence-electron chi connectivity index (χ1n) is 6.39. The van der Waals surface area contributed by atoms with Crippen LogP contribution in [0.2, 0.25) is 5.02 Å². The Bertz CT molecular complexity index is 621. The number of carbonyl (C=O) groups is 1. The summed E-state index contributed by atoms with van der Waals surface area (Å²) < 4.78 is 1.71. The Kier molecular flexibility index (Phi) is 4.39. The zero-order valence-corrected chi connectivity index (χ0v) is 12.5. The molecule has 0 unspecified atom stereocenters. The Labute approximate surface area is 123 Å². The van der Waals surface area contributed by atoms with Gasteiger partial charge < -0.3 is 5.32 Å². The van der Waals surface area contributed by atoms with Crippen LogP contribution in [0, 0.1) is 0 Å². The summed E-state index contributed by atoms with van der Waals surface area (Å²) >= 11 is 6.16. The predicted octanol–water partition coefficient (Wildman–Crippen LogP) is 2.52. The summed E-state index contributed by atoms with van der Waals surface area (Å²) in [7, 11) is 1.83. The van der Waals surface area contributed by atoms with E-state index in [0.717, 1.165) is 11.3 Å². The largest absolute Gasteiger partial charge is 0.345 e. The lowest BCUT2D eigenvalue weighted by Gasteiger charge is -2.09. The molecule has 0 radical (unpaired) electrons. The third kappa shape index (κ3) is 3.17. The summed E-state index contributed by atoms with van der Waals surface area (Å²) in [5.41, 5.74) is 2.18. The lowest BCUT2D eigenvalue weighted by atomic mass is 10.1. The van der Waals surface area contributed by atoms with Gasteiger partial charge in [-0.25, -0.2) is 0 Å². The fourth-order valence-corrected chi connectivity index (χ4v) is 2.20. The molecular weight excluding hydrogens is 276 g/mol. The third-order valence-corrected chi connectivity index (χ3v) is 3.42. The number of pyridine rings is 1. The highest BCUT2D eigenvalue weighted by Gasteiger charge is 2.12. The fourth-order valence-electron chi connectivity index (χ4n) is 1.83. The van der Waals surface area contributed by atoms with Gasteiger partial charge in [0.2, 0.25) is 0 Å². The third-order valence-electron chi connectivity index (χ3n) is 3.09. The van der Waals surface area contributed by atoms with E-state index in [0.29, 0.717) is 17.3 Å². The molecule has 1 amide bonds. The molecule has 0 aliphatic heterocycles. The van der Waals surface area contributed by atoms with Crippen molar-refractivity contribution in [1.29, 1.82) is 0 Å². The maximum Gasteiger partial charge on any atom is 0.270 e. The van der Waals surface area contributed by atoms with Gasteiger partial charge in [0.25, 0.3) is 5.91 Å². The summed E-state index contributed by atoms with van der Waals surface area (Å²) in [6, 6.07) is 3.46. The molecule has 0 aromatic carbocycles. The van der Waals surface area contributed by atoms with Crippen molar-refractivity contribution in [2.24, 2.45) is 7.05 Å². The van der Waals surface area contributed by atoms with Crippen LogP contribution in [-0.4, -0.2) is 20.7 Å². The molecule has 6 heteroatoms. The minimum atomic E-state index is -0.247. The molecule has 1 N–H and O–H groups in total. The molecule has 2 rings (SSSR count). The average molecular weight is 293 g/mol. The molecule has 0 atom stereocenters. The summed E-state index contributed by atoms with van der Waals surface area (Å²) in [5.74, 6) is 0.0324. The van der Waals surface area contributed by atoms with Gasteiger partial charge >= 0.3 is 0 Å². The number of halogens is 1. The number of nitrogens with zero attached hydrogens (tertiary/aromatic N) is 3. The summed E-state index contributed by atoms with van der Waals surface area (Å²) in [4.78, 5) is 16.2. The monoisotopic (exact) mass is 292 g/mol. The van der Waals surface area contributed by atoms with E-state index >= 15 is 0 Å². The Morgan fingerprint density at radius 1 is 1.50 bits per heavy atom. The van der Waals surface area contributed by atoms with Gasteiger partial charge in [-0.05, 0) is 23.6 Å². The number of hydrogen-bond donors (Lipinski definition) is 1. The zero-order chi connectivity index (χ0) is 14.7. The second kappa shape index (κ2) is 6.05. The SMILES string of the molecule is CC(C)c1cnc(C(=O)NCc2ccnn2C)cc1Cl. The molecule has 0 saturated carbocycles. The second-order valence-electron chi connectivity index (χ2n) is 4.87. The van der Waals surface area contributed by atoms with E-state index in [4.69, 9.17) is 11.6 Å². The van der Waals surface area contributed by atoms with Crippen LogP contribution in [0.4, 0.5) is 0 Å². The zero-order valence-electron chi connectivity index (χ0n) is 11.7. The maximum absolute atomic E-state index is 12.0. The molecular formula is C14H17ClN4O. The van der Waals surface area contributed by atoms with Crippen molar-refractivity contribution in [3.05, 3.63) is 46.5 Å². The van der Waals surface area contributed by atoms with Crippen LogP contribution in [0.5, 0.6) is 0 Å². The highest BCUT2D eigenvalue weighted by molar-refractivity contribution is 6.31. The molecule has 0 fully saturated rings. The second-order valence-corrected chi connectivity index (χ2v) is 5.28. The molecule has 0 aliphatic rings. The molecule has 0 spiro atoms. The van der Waals surface area contributed by atoms with Crippen LogP contribution >= 0.6 is 11.6 Å². The van der Waals surface area contributed by atoms with Gasteiger partial charge in [0.05, 0.1) is 12.2 Å². The van der Waals surface area contributed by atoms with E-state index in [1.54, 1.807) is 23.1 Å². The molecule has 5 nitrogen and oxygen atoms in total. The summed E-state index contributed by atoms with van der Waals surface area (Å²) in [5, 5.41) is 7.41. The van der Waals surface area contributed by atoms with Crippen LogP contribution < -0.4 is 5.32 Å². The van der Waals surface area contributed by atoms with Gasteiger partial charge in [-0.15, -0.1) is 0 Å². The lowest BCUT2D eigenvalue weighted by molar-refractivity contribution is 0.0945. The normalized spacial score (nSPS) is 10.8. The van der Waals surface area contributed by atoms with Gasteiger partial charge in [0.1, 0.15) is 5.69 Å². The Hall–Kier alpha value is -1.88. The minimum Gasteiger partial charge on any atom is -0.345 e. The van der Waals surface area contributed by atoms with Crippen molar-refractivity contribution in [2.75, 3.05) is 0 Å². The Morgan fingerprint density at radius 2 is 2.25 bits per heavy atom. The van der Waals surface area contributed by atoms with Crippen molar-refractivity contribution in [1.82, 2.24) is 20.1 Å². The van der Waals surface area contributed by atoms with Crippen LogP contribution in [0.15, 0.2) is 24.5 Å². The topological polar surface area (TPSA) is 59.8 Å². The van der Waals surface area contributed by atoms with Crippen molar-refractivity contribution >= 4 is 17.5 Å². The molecule has 0 bridgehead atoms. The van der Waals surface area contributed by atoms with Crippen molar-refractivity contribution in [3.63, 3.8) is 0 Å². The lowest BCUT2D eigenvalue weighted by Crippen LogP contribution is -2.25. The van der Waals surface area contributed by atoms with Crippen LogP contribution in [-0.2, 0) is 13.6 Å². The van der Waals surface area contributed by atoms with E-state index in [9.17, 15) is 4.79 Å². The van der Waals surface area contributed by atoms with Gasteiger partial charge in [-0.3, -0.25) is 14.5 Å². The number of amides is 1. The molecule has 0 aliphatic carbocycles. The maximum atomic E-state index is 12.0. The summed E-state index contributed by atoms with van der Waals surface area (Å²) in [6.07, 6.45) is 3.35. The first-order chi connectivity index (χ1) is 9.49. The van der Waals surface area contributed by atoms with E-state index < -0.39 is 0 Å². The van der Waals surface area contributed by atoms with Crippen LogP contribution in [0.1, 0.15) is 41.5 Å². The van der Waals surface area contributed by atoms with Crippen LogP contribution in [0.25, 0.3) is 0 Å². The molecule has 2 aromatic rings. The first-order valence-corrected chi connectivity index (χ1v) is 6.77. The quantitative estimate of drug-likeness (QED) is 0.942. The van der Waals surface area contributed by atoms with Crippen molar-refractivity contribution in [3.8, 4) is 0 Å². The first kappa shape index (κ1) is 14.5. The molecule has 0 saturated heterocycles. The molecule has 2 heterocycles. The number of rotatable bonds is 4. The molecule has 2 aromatic heterocycles. The number of aromatic nitrogens is 3. The van der Waals surface area contributed by atoms with Crippen molar-refractivity contribution in [2.45, 2.75) is 26.3 Å². The van der Waals surface area contributed by atoms with E-state index in [-0.39, 0.29) is 11.8 Å². The predicted molar refractivity (Wildman–Crippen MR) is 77.7 cm³/mol. The minimum absolute atomic E-state index is 0.247. The average Bonchev–Trinajstić information content (AvgIpc) is 2.81. The molecule has 106 valence electrons. The van der Waals surface area contributed by atoms with E-state index in [1.807, 2.05) is 27.0 Å². The van der Waals surface area contributed by atoms with Gasteiger partial charge in [0, 0.05) is 24.5 Å². The van der Waals surface area contributed by atoms with E-state index in [1.165, 1.54) is 0 Å². The number of carbonyl (C=O) groups excluding carboxylic acids is 1. The van der Waals surface area contributed by atoms with Crippen LogP contribution in [0.3, 0.4) is 0 Å². The van der Waals surface area contributed by atoms with Gasteiger partial charge in [-0.1, -0.05) is 25.4 Å². The standard InChI is InChI=1S/C14H17ClN4O/c1-9(2)11-8-16-13(6-12(11)15)14(20)17-7-10-4-5-18-19(10)3/h4-6,8-9H,7H2,1-3H3,(H,17,20). The van der Waals surface area contributed by atoms with E-state index in [2.05, 4.69) is 15.4 Å². The number of aryl methyl sites for hydroxylation is 1. The van der Waals surface area contributed by atoms with Crippen molar-refractivity contribution < 1.29 is 4.79 Å².